The first-order chi connectivity index (χ1) is 13.5. The summed E-state index contributed by atoms with van der Waals surface area (Å²) in [7, 11) is 1.54. The van der Waals surface area contributed by atoms with Crippen LogP contribution in [-0.4, -0.2) is 48.6 Å². The minimum absolute atomic E-state index is 0.139. The molecule has 2 heterocycles. The van der Waals surface area contributed by atoms with Crippen molar-refractivity contribution in [2.75, 3.05) is 13.7 Å². The molecule has 2 aliphatic heterocycles. The summed E-state index contributed by atoms with van der Waals surface area (Å²) in [5.41, 5.74) is 2.38. The number of carbonyl (C=O) groups is 3. The third-order valence-corrected chi connectivity index (χ3v) is 5.89. The van der Waals surface area contributed by atoms with Gasteiger partial charge in [-0.3, -0.25) is 19.3 Å². The highest BCUT2D eigenvalue weighted by atomic mass is 32.2. The first-order valence-corrected chi connectivity index (χ1v) is 9.41. The fraction of sp³-hybridized carbons (Fsp3) is 0.250. The summed E-state index contributed by atoms with van der Waals surface area (Å²) in [5.74, 6) is 1.04. The van der Waals surface area contributed by atoms with Gasteiger partial charge in [0.25, 0.3) is 5.91 Å². The van der Waals surface area contributed by atoms with Gasteiger partial charge in [0.05, 0.1) is 7.11 Å². The number of amides is 2. The van der Waals surface area contributed by atoms with Crippen molar-refractivity contribution >= 4 is 36.4 Å². The van der Waals surface area contributed by atoms with E-state index in [1.807, 2.05) is 6.92 Å². The molecule has 1 aromatic rings. The number of hydrogen-bond donors (Lipinski definition) is 1. The number of fused-ring (bicyclic) bond motifs is 1. The predicted octanol–water partition coefficient (Wildman–Crippen LogP) is 2.10. The van der Waals surface area contributed by atoms with E-state index in [4.69, 9.17) is 9.47 Å². The number of rotatable bonds is 8. The molecule has 1 N–H and O–H groups in total. The number of hydrogen-bond acceptors (Lipinski definition) is 6. The van der Waals surface area contributed by atoms with Crippen molar-refractivity contribution in [2.45, 2.75) is 18.3 Å². The highest BCUT2D eigenvalue weighted by Gasteiger charge is 2.51. The molecule has 146 valence electrons. The maximum absolute atomic E-state index is 12.3. The molecule has 2 amide bonds. The van der Waals surface area contributed by atoms with Gasteiger partial charge in [-0.2, -0.15) is 0 Å². The van der Waals surface area contributed by atoms with Gasteiger partial charge in [0.15, 0.2) is 0 Å². The van der Waals surface area contributed by atoms with Crippen LogP contribution < -0.4 is 14.8 Å². The van der Waals surface area contributed by atoms with E-state index in [-0.39, 0.29) is 17.9 Å². The molecular formula is C20H20N2O5S. The Balaban J connectivity index is 1.75. The monoisotopic (exact) mass is 400 g/mol. The average Bonchev–Trinajstić information content (AvgIpc) is 2.70. The van der Waals surface area contributed by atoms with Crippen LogP contribution >= 0.6 is 11.8 Å². The molecule has 0 radical (unpaired) electrons. The highest BCUT2D eigenvalue weighted by molar-refractivity contribution is 8.04. The molecule has 28 heavy (non-hydrogen) atoms. The summed E-state index contributed by atoms with van der Waals surface area (Å²) in [4.78, 5) is 35.9. The molecular weight excluding hydrogens is 380 g/mol. The third-order valence-electron chi connectivity index (χ3n) is 4.63. The summed E-state index contributed by atoms with van der Waals surface area (Å²) in [6, 6.07) is 4.79. The van der Waals surface area contributed by atoms with Crippen molar-refractivity contribution in [1.82, 2.24) is 10.2 Å². The number of carbonyl (C=O) groups excluding carboxylic acids is 3. The Labute approximate surface area is 167 Å². The fourth-order valence-corrected chi connectivity index (χ4v) is 4.47. The van der Waals surface area contributed by atoms with E-state index < -0.39 is 6.04 Å². The molecule has 1 aromatic carbocycles. The largest absolute Gasteiger partial charge is 0.496 e. The molecule has 7 nitrogen and oxygen atoms in total. The smallest absolute Gasteiger partial charge is 0.253 e. The van der Waals surface area contributed by atoms with Gasteiger partial charge in [-0.15, -0.1) is 0 Å². The summed E-state index contributed by atoms with van der Waals surface area (Å²) in [5, 5.41) is 2.38. The molecule has 3 rings (SSSR count). The van der Waals surface area contributed by atoms with E-state index in [1.165, 1.54) is 17.8 Å². The van der Waals surface area contributed by atoms with Gasteiger partial charge >= 0.3 is 0 Å². The van der Waals surface area contributed by atoms with E-state index in [2.05, 4.69) is 11.9 Å². The van der Waals surface area contributed by atoms with Crippen LogP contribution in [0.2, 0.25) is 0 Å². The molecule has 0 saturated carbocycles. The molecule has 0 spiro atoms. The normalized spacial score (nSPS) is 21.3. The van der Waals surface area contributed by atoms with Crippen LogP contribution in [0.4, 0.5) is 0 Å². The lowest BCUT2D eigenvalue weighted by Gasteiger charge is -2.50. The second-order valence-corrected chi connectivity index (χ2v) is 7.37. The highest BCUT2D eigenvalue weighted by Crippen LogP contribution is 2.45. The summed E-state index contributed by atoms with van der Waals surface area (Å²) < 4.78 is 11.2. The lowest BCUT2D eigenvalue weighted by molar-refractivity contribution is -0.144. The summed E-state index contributed by atoms with van der Waals surface area (Å²) >= 11 is 1.44. The van der Waals surface area contributed by atoms with Crippen LogP contribution in [0.5, 0.6) is 11.5 Å². The van der Waals surface area contributed by atoms with Crippen molar-refractivity contribution in [3.8, 4) is 11.5 Å². The van der Waals surface area contributed by atoms with Gasteiger partial charge in [-0.1, -0.05) is 18.3 Å². The Morgan fingerprint density at radius 3 is 2.82 bits per heavy atom. The van der Waals surface area contributed by atoms with E-state index >= 15 is 0 Å². The number of allylic oxidation sites excluding steroid dienone is 2. The Morgan fingerprint density at radius 2 is 2.14 bits per heavy atom. The third kappa shape index (κ3) is 3.55. The van der Waals surface area contributed by atoms with Crippen molar-refractivity contribution in [3.05, 3.63) is 52.6 Å². The number of nitrogens with one attached hydrogen (secondary N) is 1. The van der Waals surface area contributed by atoms with Crippen LogP contribution in [0.3, 0.4) is 0 Å². The SMILES string of the molecule is C=C1SC2C(NC=O)C(=O)N2C(C)=C1COc1ccc(/C=C\C=O)c(OC)c1. The standard InChI is InChI=1S/C20H20N2O5S/c1-12-16(13(2)28-20-18(21-11-24)19(25)22(12)20)10-27-15-7-6-14(5-4-8-23)17(9-15)26-3/h4-9,11,18,20H,2,10H2,1,3H3,(H,21,24)/b5-4-. The second kappa shape index (κ2) is 8.35. The van der Waals surface area contributed by atoms with Crippen LogP contribution in [-0.2, 0) is 14.4 Å². The average molecular weight is 400 g/mol. The van der Waals surface area contributed by atoms with Crippen molar-refractivity contribution < 1.29 is 23.9 Å². The number of ether oxygens (including phenoxy) is 2. The molecule has 0 aliphatic carbocycles. The van der Waals surface area contributed by atoms with Gasteiger partial charge in [0.2, 0.25) is 6.41 Å². The lowest BCUT2D eigenvalue weighted by Crippen LogP contribution is -2.68. The maximum atomic E-state index is 12.3. The van der Waals surface area contributed by atoms with Crippen LogP contribution in [0.15, 0.2) is 47.0 Å². The number of thioether (sulfide) groups is 1. The minimum atomic E-state index is -0.520. The first-order valence-electron chi connectivity index (χ1n) is 8.53. The zero-order valence-electron chi connectivity index (χ0n) is 15.5. The topological polar surface area (TPSA) is 84.9 Å². The van der Waals surface area contributed by atoms with Gasteiger partial charge in [-0.25, -0.2) is 0 Å². The molecule has 1 fully saturated rings. The Hall–Kier alpha value is -3.00. The molecule has 8 heteroatoms. The Morgan fingerprint density at radius 1 is 1.36 bits per heavy atom. The van der Waals surface area contributed by atoms with Gasteiger partial charge < -0.3 is 14.8 Å². The minimum Gasteiger partial charge on any atom is -0.496 e. The Bertz CT molecular complexity index is 893. The Kier molecular flexibility index (Phi) is 5.89. The molecule has 2 atom stereocenters. The van der Waals surface area contributed by atoms with Crippen molar-refractivity contribution in [2.24, 2.45) is 0 Å². The number of methoxy groups -OCH3 is 1. The van der Waals surface area contributed by atoms with Crippen molar-refractivity contribution in [3.63, 3.8) is 0 Å². The number of nitrogens with zero attached hydrogens (tertiary/aromatic N) is 1. The molecule has 2 unspecified atom stereocenters. The van der Waals surface area contributed by atoms with E-state index in [1.54, 1.807) is 36.3 Å². The van der Waals surface area contributed by atoms with E-state index in [0.29, 0.717) is 24.2 Å². The number of β-lactam (4-membered cyclic amide) rings is 1. The molecule has 0 bridgehead atoms. The number of aldehydes is 1. The maximum Gasteiger partial charge on any atom is 0.253 e. The summed E-state index contributed by atoms with van der Waals surface area (Å²) in [6.07, 6.45) is 4.29. The van der Waals surface area contributed by atoms with Crippen LogP contribution in [0.1, 0.15) is 12.5 Å². The lowest BCUT2D eigenvalue weighted by atomic mass is 10.0. The van der Waals surface area contributed by atoms with Gasteiger partial charge in [0, 0.05) is 27.8 Å². The molecule has 1 saturated heterocycles. The number of benzene rings is 1. The van der Waals surface area contributed by atoms with Gasteiger partial charge in [0.1, 0.15) is 35.8 Å². The molecule has 2 aliphatic rings. The fourth-order valence-electron chi connectivity index (χ4n) is 3.13. The quantitative estimate of drug-likeness (QED) is 0.409. The molecule has 0 aromatic heterocycles. The zero-order chi connectivity index (χ0) is 20.3. The predicted molar refractivity (Wildman–Crippen MR) is 107 cm³/mol. The van der Waals surface area contributed by atoms with E-state index in [9.17, 15) is 14.4 Å². The first kappa shape index (κ1) is 19.8. The van der Waals surface area contributed by atoms with E-state index in [0.717, 1.165) is 21.7 Å². The second-order valence-electron chi connectivity index (χ2n) is 6.15. The van der Waals surface area contributed by atoms with Crippen molar-refractivity contribution in [1.29, 1.82) is 0 Å². The summed E-state index contributed by atoms with van der Waals surface area (Å²) in [6.45, 7) is 6.17. The van der Waals surface area contributed by atoms with Gasteiger partial charge in [-0.05, 0) is 31.2 Å². The zero-order valence-corrected chi connectivity index (χ0v) is 16.3. The van der Waals surface area contributed by atoms with Crippen LogP contribution in [0, 0.1) is 0 Å². The van der Waals surface area contributed by atoms with Crippen LogP contribution in [0.25, 0.3) is 6.08 Å².